The molecule has 1 heterocycles. The lowest BCUT2D eigenvalue weighted by atomic mass is 9.97. The first kappa shape index (κ1) is 17.8. The maximum absolute atomic E-state index is 13.1. The lowest BCUT2D eigenvalue weighted by Gasteiger charge is -2.16. The second-order valence-electron chi connectivity index (χ2n) is 4.84. The molecule has 2 aromatic rings. The van der Waals surface area contributed by atoms with Crippen molar-refractivity contribution in [3.63, 3.8) is 0 Å². The van der Waals surface area contributed by atoms with Crippen LogP contribution >= 0.6 is 0 Å². The molecule has 0 aliphatic heterocycles. The fourth-order valence-electron chi connectivity index (χ4n) is 2.14. The molecule has 1 aromatic heterocycles. The van der Waals surface area contributed by atoms with Crippen molar-refractivity contribution in [3.8, 4) is 11.3 Å². The zero-order chi connectivity index (χ0) is 18.1. The van der Waals surface area contributed by atoms with E-state index in [0.29, 0.717) is 12.3 Å². The SMILES string of the molecule is O=C(O)Cc1cc(C(F)(F)F)cnc1-c1ccccc1C(F)(F)F. The summed E-state index contributed by atoms with van der Waals surface area (Å²) in [6, 6.07) is 4.66. The minimum absolute atomic E-state index is 0.383. The van der Waals surface area contributed by atoms with Crippen LogP contribution < -0.4 is 0 Å². The van der Waals surface area contributed by atoms with Crippen molar-refractivity contribution in [3.05, 3.63) is 53.2 Å². The van der Waals surface area contributed by atoms with E-state index in [4.69, 9.17) is 5.11 Å². The van der Waals surface area contributed by atoms with Crippen molar-refractivity contribution in [2.75, 3.05) is 0 Å². The molecule has 24 heavy (non-hydrogen) atoms. The number of alkyl halides is 6. The van der Waals surface area contributed by atoms with Gasteiger partial charge in [0.05, 0.1) is 23.2 Å². The van der Waals surface area contributed by atoms with Gasteiger partial charge in [-0.15, -0.1) is 0 Å². The highest BCUT2D eigenvalue weighted by Gasteiger charge is 2.36. The summed E-state index contributed by atoms with van der Waals surface area (Å²) in [6.07, 6.45) is -10.1. The predicted molar refractivity (Wildman–Crippen MR) is 71.0 cm³/mol. The second kappa shape index (κ2) is 6.14. The van der Waals surface area contributed by atoms with Gasteiger partial charge in [-0.3, -0.25) is 9.78 Å². The highest BCUT2D eigenvalue weighted by Crippen LogP contribution is 2.38. The van der Waals surface area contributed by atoms with E-state index >= 15 is 0 Å². The Bertz CT molecular complexity index is 767. The summed E-state index contributed by atoms with van der Waals surface area (Å²) < 4.78 is 77.4. The summed E-state index contributed by atoms with van der Waals surface area (Å²) in [5.74, 6) is -1.48. The predicted octanol–water partition coefficient (Wildman–Crippen LogP) is 4.41. The average Bonchev–Trinajstić information content (AvgIpc) is 2.44. The van der Waals surface area contributed by atoms with Gasteiger partial charge in [-0.2, -0.15) is 26.3 Å². The first-order valence-electron chi connectivity index (χ1n) is 6.44. The molecule has 3 nitrogen and oxygen atoms in total. The van der Waals surface area contributed by atoms with Crippen LogP contribution in [-0.2, 0) is 23.6 Å². The number of rotatable bonds is 3. The maximum atomic E-state index is 13.1. The van der Waals surface area contributed by atoms with E-state index in [1.54, 1.807) is 0 Å². The first-order chi connectivity index (χ1) is 11.0. The number of carboxylic acids is 1. The normalized spacial score (nSPS) is 12.2. The Hall–Kier alpha value is -2.58. The van der Waals surface area contributed by atoms with Crippen LogP contribution in [0.15, 0.2) is 36.5 Å². The van der Waals surface area contributed by atoms with Crippen molar-refractivity contribution < 1.29 is 36.2 Å². The van der Waals surface area contributed by atoms with Crippen LogP contribution in [0.4, 0.5) is 26.3 Å². The number of hydrogen-bond donors (Lipinski definition) is 1. The fraction of sp³-hybridized carbons (Fsp3) is 0.200. The molecule has 0 spiro atoms. The monoisotopic (exact) mass is 349 g/mol. The summed E-state index contributed by atoms with van der Waals surface area (Å²) in [5, 5.41) is 8.83. The fourth-order valence-corrected chi connectivity index (χ4v) is 2.14. The first-order valence-corrected chi connectivity index (χ1v) is 6.44. The quantitative estimate of drug-likeness (QED) is 0.835. The molecule has 0 saturated heterocycles. The average molecular weight is 349 g/mol. The summed E-state index contributed by atoms with van der Waals surface area (Å²) in [5.41, 5.74) is -3.71. The molecule has 0 amide bonds. The lowest BCUT2D eigenvalue weighted by Crippen LogP contribution is -2.12. The Labute approximate surface area is 131 Å². The Morgan fingerprint density at radius 2 is 1.67 bits per heavy atom. The van der Waals surface area contributed by atoms with Crippen LogP contribution in [-0.4, -0.2) is 16.1 Å². The van der Waals surface area contributed by atoms with E-state index in [9.17, 15) is 31.1 Å². The summed E-state index contributed by atoms with van der Waals surface area (Å²) in [6.45, 7) is 0. The largest absolute Gasteiger partial charge is 0.481 e. The van der Waals surface area contributed by atoms with Gasteiger partial charge in [0.15, 0.2) is 0 Å². The molecule has 1 aromatic carbocycles. The van der Waals surface area contributed by atoms with Crippen LogP contribution in [0.25, 0.3) is 11.3 Å². The maximum Gasteiger partial charge on any atom is 0.417 e. The summed E-state index contributed by atoms with van der Waals surface area (Å²) in [4.78, 5) is 14.3. The van der Waals surface area contributed by atoms with Crippen molar-refractivity contribution in [2.24, 2.45) is 0 Å². The third-order valence-corrected chi connectivity index (χ3v) is 3.12. The van der Waals surface area contributed by atoms with Gasteiger partial charge in [0.1, 0.15) is 0 Å². The highest BCUT2D eigenvalue weighted by molar-refractivity contribution is 5.76. The van der Waals surface area contributed by atoms with Gasteiger partial charge < -0.3 is 5.11 Å². The smallest absolute Gasteiger partial charge is 0.417 e. The van der Waals surface area contributed by atoms with Crippen LogP contribution in [0.2, 0.25) is 0 Å². The van der Waals surface area contributed by atoms with E-state index in [1.165, 1.54) is 6.07 Å². The summed E-state index contributed by atoms with van der Waals surface area (Å²) >= 11 is 0. The number of pyridine rings is 1. The van der Waals surface area contributed by atoms with Gasteiger partial charge in [-0.25, -0.2) is 0 Å². The topological polar surface area (TPSA) is 50.2 Å². The lowest BCUT2D eigenvalue weighted by molar-refractivity contribution is -0.139. The Morgan fingerprint density at radius 3 is 2.21 bits per heavy atom. The Morgan fingerprint density at radius 1 is 1.04 bits per heavy atom. The molecule has 0 aliphatic rings. The van der Waals surface area contributed by atoms with Crippen molar-refractivity contribution in [1.29, 1.82) is 0 Å². The van der Waals surface area contributed by atoms with Crippen LogP contribution in [0.1, 0.15) is 16.7 Å². The van der Waals surface area contributed by atoms with Gasteiger partial charge >= 0.3 is 18.3 Å². The summed E-state index contributed by atoms with van der Waals surface area (Å²) in [7, 11) is 0. The zero-order valence-corrected chi connectivity index (χ0v) is 11.7. The number of hydrogen-bond acceptors (Lipinski definition) is 2. The number of carbonyl (C=O) groups is 1. The standard InChI is InChI=1S/C15H9F6NO2/c16-14(17,18)9-5-8(6-12(23)24)13(22-7-9)10-3-1-2-4-11(10)15(19,20)21/h1-5,7H,6H2,(H,23,24). The van der Waals surface area contributed by atoms with Gasteiger partial charge in [0.25, 0.3) is 0 Å². The van der Waals surface area contributed by atoms with Crippen molar-refractivity contribution in [1.82, 2.24) is 4.98 Å². The Kier molecular flexibility index (Phi) is 4.54. The number of halogens is 6. The van der Waals surface area contributed by atoms with Crippen LogP contribution in [0.3, 0.4) is 0 Å². The van der Waals surface area contributed by atoms with E-state index in [2.05, 4.69) is 4.98 Å². The third kappa shape index (κ3) is 3.84. The zero-order valence-electron chi connectivity index (χ0n) is 11.7. The van der Waals surface area contributed by atoms with E-state index in [0.717, 1.165) is 18.2 Å². The van der Waals surface area contributed by atoms with Gasteiger partial charge in [-0.05, 0) is 17.7 Å². The molecule has 0 unspecified atom stereocenters. The molecule has 0 bridgehead atoms. The molecule has 2 rings (SSSR count). The molecule has 128 valence electrons. The molecule has 0 fully saturated rings. The number of carboxylic acid groups (broad SMARTS) is 1. The van der Waals surface area contributed by atoms with Gasteiger partial charge in [0, 0.05) is 11.8 Å². The third-order valence-electron chi connectivity index (χ3n) is 3.12. The van der Waals surface area contributed by atoms with E-state index in [1.807, 2.05) is 0 Å². The van der Waals surface area contributed by atoms with E-state index < -0.39 is 52.7 Å². The molecular formula is C15H9F6NO2. The number of aliphatic carboxylic acids is 1. The van der Waals surface area contributed by atoms with Crippen molar-refractivity contribution in [2.45, 2.75) is 18.8 Å². The van der Waals surface area contributed by atoms with Crippen molar-refractivity contribution >= 4 is 5.97 Å². The molecule has 0 saturated carbocycles. The van der Waals surface area contributed by atoms with Gasteiger partial charge in [-0.1, -0.05) is 18.2 Å². The minimum atomic E-state index is -4.79. The molecular weight excluding hydrogens is 340 g/mol. The van der Waals surface area contributed by atoms with Crippen LogP contribution in [0, 0.1) is 0 Å². The van der Waals surface area contributed by atoms with Crippen LogP contribution in [0.5, 0.6) is 0 Å². The number of benzene rings is 1. The molecule has 1 N–H and O–H groups in total. The highest BCUT2D eigenvalue weighted by atomic mass is 19.4. The second-order valence-corrected chi connectivity index (χ2v) is 4.84. The van der Waals surface area contributed by atoms with Gasteiger partial charge in [0.2, 0.25) is 0 Å². The van der Waals surface area contributed by atoms with E-state index in [-0.39, 0.29) is 0 Å². The minimum Gasteiger partial charge on any atom is -0.481 e. The molecule has 9 heteroatoms. The number of nitrogens with zero attached hydrogens (tertiary/aromatic N) is 1. The molecule has 0 aliphatic carbocycles. The Balaban J connectivity index is 2.69. The number of aromatic nitrogens is 1. The molecule has 0 radical (unpaired) electrons. The molecule has 0 atom stereocenters.